The highest BCUT2D eigenvalue weighted by molar-refractivity contribution is 7.93. The van der Waals surface area contributed by atoms with Crippen LogP contribution in [-0.2, 0) is 26.5 Å². The molecule has 0 unspecified atom stereocenters. The summed E-state index contributed by atoms with van der Waals surface area (Å²) in [6, 6.07) is 35.2. The Balaban J connectivity index is 1.02. The van der Waals surface area contributed by atoms with Gasteiger partial charge in [0, 0.05) is 33.9 Å². The molecule has 10 nitrogen and oxygen atoms in total. The molecule has 6 aromatic carbocycles. The number of benzene rings is 6. The van der Waals surface area contributed by atoms with Crippen LogP contribution < -0.4 is 20.1 Å². The molecule has 0 aliphatic rings. The average molecular weight is 753 g/mol. The first kappa shape index (κ1) is 36.4. The van der Waals surface area contributed by atoms with Gasteiger partial charge in [-0.1, -0.05) is 36.4 Å². The van der Waals surface area contributed by atoms with E-state index in [1.54, 1.807) is 48.5 Å². The zero-order valence-corrected chi connectivity index (χ0v) is 29.2. The van der Waals surface area contributed by atoms with Crippen LogP contribution >= 0.6 is 0 Å². The van der Waals surface area contributed by atoms with Crippen molar-refractivity contribution in [3.63, 3.8) is 0 Å². The van der Waals surface area contributed by atoms with Crippen LogP contribution in [0.5, 0.6) is 0 Å². The highest BCUT2D eigenvalue weighted by Crippen LogP contribution is 2.22. The van der Waals surface area contributed by atoms with Gasteiger partial charge in [0.1, 0.15) is 11.6 Å². The van der Waals surface area contributed by atoms with Gasteiger partial charge in [-0.3, -0.25) is 19.0 Å². The highest BCUT2D eigenvalue weighted by atomic mass is 32.2. The maximum atomic E-state index is 13.2. The fourth-order valence-electron chi connectivity index (χ4n) is 5.16. The van der Waals surface area contributed by atoms with E-state index in [1.165, 1.54) is 24.3 Å². The normalized spacial score (nSPS) is 11.4. The molecule has 0 bridgehead atoms. The molecule has 6 aromatic rings. The van der Waals surface area contributed by atoms with Crippen LogP contribution in [0, 0.1) is 11.6 Å². The third-order valence-electron chi connectivity index (χ3n) is 7.83. The standard InChI is InChI=1S/C39H30F2N4O6S2/c40-30-11-19-36(20-12-30)52(48,49)44-34-5-1-3-28(24-34)38(46)42-32-15-7-26(8-16-32)23-27-9-17-33(18-10-27)43-39(47)29-4-2-6-35(25-29)45-53(50,51)37-21-13-31(41)14-22-37/h1-22,24-25,44-45H,23H2,(H,42,46)(H,43,47). The van der Waals surface area contributed by atoms with Crippen LogP contribution in [0.3, 0.4) is 0 Å². The fraction of sp³-hybridized carbons (Fsp3) is 0.0256. The number of carbonyl (C=O) groups is 2. The maximum absolute atomic E-state index is 13.2. The van der Waals surface area contributed by atoms with Gasteiger partial charge in [0.05, 0.1) is 9.79 Å². The highest BCUT2D eigenvalue weighted by Gasteiger charge is 2.17. The Labute approximate surface area is 304 Å². The molecular formula is C39H30F2N4O6S2. The van der Waals surface area contributed by atoms with Gasteiger partial charge in [-0.25, -0.2) is 25.6 Å². The Morgan fingerprint density at radius 3 is 1.17 bits per heavy atom. The van der Waals surface area contributed by atoms with Gasteiger partial charge in [-0.15, -0.1) is 0 Å². The van der Waals surface area contributed by atoms with E-state index in [0.717, 1.165) is 59.7 Å². The Morgan fingerprint density at radius 2 is 0.811 bits per heavy atom. The van der Waals surface area contributed by atoms with Crippen LogP contribution in [0.2, 0.25) is 0 Å². The molecule has 0 fully saturated rings. The first-order valence-electron chi connectivity index (χ1n) is 15.9. The van der Waals surface area contributed by atoms with Crippen molar-refractivity contribution in [3.8, 4) is 0 Å². The van der Waals surface area contributed by atoms with Gasteiger partial charge >= 0.3 is 0 Å². The average Bonchev–Trinajstić information content (AvgIpc) is 3.13. The summed E-state index contributed by atoms with van der Waals surface area (Å²) in [5.74, 6) is -2.02. The van der Waals surface area contributed by atoms with E-state index in [1.807, 2.05) is 24.3 Å². The van der Waals surface area contributed by atoms with Crippen molar-refractivity contribution in [2.75, 3.05) is 20.1 Å². The van der Waals surface area contributed by atoms with Crippen molar-refractivity contribution < 1.29 is 35.2 Å². The smallest absolute Gasteiger partial charge is 0.261 e. The van der Waals surface area contributed by atoms with Crippen LogP contribution in [0.15, 0.2) is 155 Å². The summed E-state index contributed by atoms with van der Waals surface area (Å²) in [5.41, 5.74) is 3.75. The lowest BCUT2D eigenvalue weighted by atomic mass is 10.0. The summed E-state index contributed by atoms with van der Waals surface area (Å²) in [6.07, 6.45) is 0.564. The summed E-state index contributed by atoms with van der Waals surface area (Å²) >= 11 is 0. The SMILES string of the molecule is O=C(Nc1ccc(Cc2ccc(NC(=O)c3cccc(NS(=O)(=O)c4ccc(F)cc4)c3)cc2)cc1)c1cccc(NS(=O)(=O)c2ccc(F)cc2)c1. The van der Waals surface area contributed by atoms with Crippen molar-refractivity contribution in [1.82, 2.24) is 0 Å². The molecule has 0 aliphatic carbocycles. The molecule has 0 atom stereocenters. The number of halogens is 2. The zero-order chi connectivity index (χ0) is 37.6. The number of sulfonamides is 2. The first-order valence-corrected chi connectivity index (χ1v) is 18.9. The lowest BCUT2D eigenvalue weighted by Crippen LogP contribution is -2.15. The van der Waals surface area contributed by atoms with E-state index in [2.05, 4.69) is 20.1 Å². The lowest BCUT2D eigenvalue weighted by molar-refractivity contribution is 0.101. The number of rotatable bonds is 12. The number of anilines is 4. The van der Waals surface area contributed by atoms with E-state index in [0.29, 0.717) is 17.8 Å². The molecule has 0 aromatic heterocycles. The third-order valence-corrected chi connectivity index (χ3v) is 10.6. The molecule has 4 N–H and O–H groups in total. The molecule has 53 heavy (non-hydrogen) atoms. The van der Waals surface area contributed by atoms with Gasteiger partial charge in [0.2, 0.25) is 0 Å². The topological polar surface area (TPSA) is 151 Å². The minimum Gasteiger partial charge on any atom is -0.322 e. The minimum atomic E-state index is -3.99. The second-order valence-corrected chi connectivity index (χ2v) is 15.1. The zero-order valence-electron chi connectivity index (χ0n) is 27.6. The largest absolute Gasteiger partial charge is 0.322 e. The first-order chi connectivity index (χ1) is 25.3. The van der Waals surface area contributed by atoms with E-state index < -0.39 is 43.5 Å². The summed E-state index contributed by atoms with van der Waals surface area (Å²) < 4.78 is 81.9. The van der Waals surface area contributed by atoms with E-state index in [4.69, 9.17) is 0 Å². The number of hydrogen-bond donors (Lipinski definition) is 4. The number of hydrogen-bond acceptors (Lipinski definition) is 6. The lowest BCUT2D eigenvalue weighted by Gasteiger charge is -2.11. The van der Waals surface area contributed by atoms with Gasteiger partial charge < -0.3 is 10.6 Å². The molecule has 0 aliphatic heterocycles. The van der Waals surface area contributed by atoms with Gasteiger partial charge in [-0.05, 0) is 127 Å². The quantitative estimate of drug-likeness (QED) is 0.101. The predicted octanol–water partition coefficient (Wildman–Crippen LogP) is 7.66. The van der Waals surface area contributed by atoms with E-state index >= 15 is 0 Å². The molecule has 0 saturated heterocycles. The molecule has 2 amide bonds. The monoisotopic (exact) mass is 752 g/mol. The van der Waals surface area contributed by atoms with Crippen molar-refractivity contribution in [2.24, 2.45) is 0 Å². The van der Waals surface area contributed by atoms with E-state index in [9.17, 15) is 35.2 Å². The third kappa shape index (κ3) is 9.49. The fourth-order valence-corrected chi connectivity index (χ4v) is 7.26. The number of nitrogens with one attached hydrogen (secondary N) is 4. The van der Waals surface area contributed by atoms with Crippen LogP contribution in [-0.4, -0.2) is 28.6 Å². The summed E-state index contributed by atoms with van der Waals surface area (Å²) in [5, 5.41) is 5.59. The molecule has 268 valence electrons. The molecule has 0 heterocycles. The second-order valence-electron chi connectivity index (χ2n) is 11.8. The summed E-state index contributed by atoms with van der Waals surface area (Å²) in [6.45, 7) is 0. The van der Waals surface area contributed by atoms with Crippen LogP contribution in [0.25, 0.3) is 0 Å². The molecule has 0 radical (unpaired) electrons. The molecule has 0 saturated carbocycles. The summed E-state index contributed by atoms with van der Waals surface area (Å²) in [4.78, 5) is 25.7. The molecule has 14 heteroatoms. The van der Waals surface area contributed by atoms with Crippen LogP contribution in [0.1, 0.15) is 31.8 Å². The van der Waals surface area contributed by atoms with E-state index in [-0.39, 0.29) is 32.3 Å². The molecule has 6 rings (SSSR count). The van der Waals surface area contributed by atoms with Crippen molar-refractivity contribution >= 4 is 54.6 Å². The Morgan fingerprint density at radius 1 is 0.453 bits per heavy atom. The summed E-state index contributed by atoms with van der Waals surface area (Å²) in [7, 11) is -7.98. The Kier molecular flexibility index (Phi) is 10.6. The van der Waals surface area contributed by atoms with Crippen molar-refractivity contribution in [3.05, 3.63) is 179 Å². The molecular weight excluding hydrogens is 723 g/mol. The Hall–Kier alpha value is -6.38. The predicted molar refractivity (Wildman–Crippen MR) is 199 cm³/mol. The Bertz CT molecular complexity index is 2320. The van der Waals surface area contributed by atoms with Gasteiger partial charge in [0.25, 0.3) is 31.9 Å². The van der Waals surface area contributed by atoms with Gasteiger partial charge in [0.15, 0.2) is 0 Å². The van der Waals surface area contributed by atoms with Crippen LogP contribution in [0.4, 0.5) is 31.5 Å². The van der Waals surface area contributed by atoms with Crippen molar-refractivity contribution in [1.29, 1.82) is 0 Å². The maximum Gasteiger partial charge on any atom is 0.261 e. The van der Waals surface area contributed by atoms with Crippen molar-refractivity contribution in [2.45, 2.75) is 16.2 Å². The van der Waals surface area contributed by atoms with Gasteiger partial charge in [-0.2, -0.15) is 0 Å². The number of carbonyl (C=O) groups excluding carboxylic acids is 2. The minimum absolute atomic E-state index is 0.119. The number of amides is 2. The molecule has 0 spiro atoms. The second kappa shape index (κ2) is 15.5.